The fourth-order valence-corrected chi connectivity index (χ4v) is 3.39. The molecule has 2 heterocycles. The van der Waals surface area contributed by atoms with E-state index in [1.165, 1.54) is 4.90 Å². The molecule has 0 spiro atoms. The highest BCUT2D eigenvalue weighted by molar-refractivity contribution is 6.01. The lowest BCUT2D eigenvalue weighted by Crippen LogP contribution is -2.37. The third kappa shape index (κ3) is 4.05. The molecule has 1 unspecified atom stereocenters. The molecule has 8 heteroatoms. The lowest BCUT2D eigenvalue weighted by molar-refractivity contribution is -0.127. The Balaban J connectivity index is 1.31. The highest BCUT2D eigenvalue weighted by Gasteiger charge is 2.35. The van der Waals surface area contributed by atoms with Gasteiger partial charge >= 0.3 is 0 Å². The van der Waals surface area contributed by atoms with Gasteiger partial charge in [-0.15, -0.1) is 6.42 Å². The van der Waals surface area contributed by atoms with Crippen LogP contribution in [0.15, 0.2) is 42.5 Å². The number of nitrogens with zero attached hydrogens (tertiary/aromatic N) is 1. The molecule has 2 N–H and O–H groups in total. The molecule has 4 rings (SSSR count). The largest absolute Gasteiger partial charge is 0.454 e. The number of ether oxygens (including phenoxy) is 2. The van der Waals surface area contributed by atoms with Crippen molar-refractivity contribution >= 4 is 29.1 Å². The Kier molecular flexibility index (Phi) is 5.26. The van der Waals surface area contributed by atoms with Crippen LogP contribution in [0.4, 0.5) is 11.4 Å². The molecular formula is C22H19N3O5. The van der Waals surface area contributed by atoms with Gasteiger partial charge in [-0.05, 0) is 30.3 Å². The predicted molar refractivity (Wildman–Crippen MR) is 109 cm³/mol. The molecule has 1 saturated heterocycles. The summed E-state index contributed by atoms with van der Waals surface area (Å²) in [4.78, 5) is 38.5. The van der Waals surface area contributed by atoms with Gasteiger partial charge in [0.1, 0.15) is 0 Å². The van der Waals surface area contributed by atoms with Crippen LogP contribution in [0.2, 0.25) is 0 Å². The van der Waals surface area contributed by atoms with Crippen LogP contribution in [-0.4, -0.2) is 37.6 Å². The fraction of sp³-hybridized carbons (Fsp3) is 0.227. The van der Waals surface area contributed by atoms with Crippen molar-refractivity contribution in [2.45, 2.75) is 6.42 Å². The van der Waals surface area contributed by atoms with E-state index in [0.29, 0.717) is 28.4 Å². The molecule has 30 heavy (non-hydrogen) atoms. The van der Waals surface area contributed by atoms with Crippen molar-refractivity contribution in [1.82, 2.24) is 5.32 Å². The summed E-state index contributed by atoms with van der Waals surface area (Å²) in [5.41, 5.74) is 1.84. The van der Waals surface area contributed by atoms with Gasteiger partial charge in [0, 0.05) is 36.0 Å². The second-order valence-corrected chi connectivity index (χ2v) is 6.93. The summed E-state index contributed by atoms with van der Waals surface area (Å²) in [6, 6.07) is 12.1. The van der Waals surface area contributed by atoms with Crippen molar-refractivity contribution in [1.29, 1.82) is 0 Å². The van der Waals surface area contributed by atoms with Gasteiger partial charge in [-0.1, -0.05) is 12.0 Å². The van der Waals surface area contributed by atoms with Crippen molar-refractivity contribution in [3.63, 3.8) is 0 Å². The summed E-state index contributed by atoms with van der Waals surface area (Å²) in [5, 5.41) is 5.27. The molecule has 1 fully saturated rings. The van der Waals surface area contributed by atoms with Crippen molar-refractivity contribution in [3.05, 3.63) is 48.0 Å². The van der Waals surface area contributed by atoms with Gasteiger partial charge < -0.3 is 25.0 Å². The topological polar surface area (TPSA) is 97.0 Å². The minimum Gasteiger partial charge on any atom is -0.454 e. The first-order valence-corrected chi connectivity index (χ1v) is 9.38. The van der Waals surface area contributed by atoms with Gasteiger partial charge in [0.15, 0.2) is 11.5 Å². The molecule has 0 bridgehead atoms. The minimum atomic E-state index is -0.541. The van der Waals surface area contributed by atoms with Crippen LogP contribution in [-0.2, 0) is 14.4 Å². The number of hydrogen-bond acceptors (Lipinski definition) is 5. The maximum absolute atomic E-state index is 12.5. The molecule has 3 amide bonds. The molecule has 1 atom stereocenters. The standard InChI is InChI=1S/C22H19N3O5/c1-2-14-4-3-5-16(8-14)24-20(26)11-23-22(28)15-9-21(27)25(12-15)17-6-7-18-19(10-17)30-13-29-18/h1,3-8,10,15H,9,11-13H2,(H,23,28)(H,24,26). The van der Waals surface area contributed by atoms with Crippen LogP contribution in [0.5, 0.6) is 11.5 Å². The Morgan fingerprint density at radius 1 is 1.17 bits per heavy atom. The second kappa shape index (κ2) is 8.17. The van der Waals surface area contributed by atoms with Gasteiger partial charge in [0.05, 0.1) is 12.5 Å². The highest BCUT2D eigenvalue weighted by Crippen LogP contribution is 2.37. The summed E-state index contributed by atoms with van der Waals surface area (Å²) >= 11 is 0. The van der Waals surface area contributed by atoms with Crippen molar-refractivity contribution in [2.75, 3.05) is 30.1 Å². The molecule has 0 radical (unpaired) electrons. The summed E-state index contributed by atoms with van der Waals surface area (Å²) < 4.78 is 10.6. The van der Waals surface area contributed by atoms with E-state index >= 15 is 0 Å². The van der Waals surface area contributed by atoms with E-state index in [9.17, 15) is 14.4 Å². The Labute approximate surface area is 173 Å². The van der Waals surface area contributed by atoms with Gasteiger partial charge in [-0.3, -0.25) is 14.4 Å². The smallest absolute Gasteiger partial charge is 0.243 e. The zero-order valence-electron chi connectivity index (χ0n) is 16.0. The molecule has 0 aliphatic carbocycles. The molecule has 2 aromatic carbocycles. The summed E-state index contributed by atoms with van der Waals surface area (Å²) in [7, 11) is 0. The number of terminal acetylenes is 1. The van der Waals surface area contributed by atoms with Crippen LogP contribution in [0.1, 0.15) is 12.0 Å². The van der Waals surface area contributed by atoms with Crippen LogP contribution in [0, 0.1) is 18.3 Å². The Morgan fingerprint density at radius 3 is 2.83 bits per heavy atom. The van der Waals surface area contributed by atoms with Crippen molar-refractivity contribution < 1.29 is 23.9 Å². The normalized spacial score (nSPS) is 16.8. The zero-order valence-corrected chi connectivity index (χ0v) is 16.0. The molecule has 2 aliphatic heterocycles. The Hall–Kier alpha value is -3.99. The molecule has 152 valence electrons. The van der Waals surface area contributed by atoms with E-state index in [-0.39, 0.29) is 44.0 Å². The number of benzene rings is 2. The predicted octanol–water partition coefficient (Wildman–Crippen LogP) is 1.50. The lowest BCUT2D eigenvalue weighted by Gasteiger charge is -2.17. The van der Waals surface area contributed by atoms with E-state index in [1.54, 1.807) is 42.5 Å². The average Bonchev–Trinajstić information content (AvgIpc) is 3.38. The third-order valence-corrected chi connectivity index (χ3v) is 4.90. The maximum Gasteiger partial charge on any atom is 0.243 e. The second-order valence-electron chi connectivity index (χ2n) is 6.93. The number of carbonyl (C=O) groups excluding carboxylic acids is 3. The number of nitrogens with one attached hydrogen (secondary N) is 2. The molecule has 2 aromatic rings. The van der Waals surface area contributed by atoms with Crippen LogP contribution < -0.4 is 25.0 Å². The number of fused-ring (bicyclic) bond motifs is 1. The lowest BCUT2D eigenvalue weighted by atomic mass is 10.1. The minimum absolute atomic E-state index is 0.0755. The van der Waals surface area contributed by atoms with E-state index in [1.807, 2.05) is 0 Å². The van der Waals surface area contributed by atoms with E-state index in [4.69, 9.17) is 15.9 Å². The molecule has 8 nitrogen and oxygen atoms in total. The first-order valence-electron chi connectivity index (χ1n) is 9.38. The van der Waals surface area contributed by atoms with Crippen LogP contribution in [0.3, 0.4) is 0 Å². The van der Waals surface area contributed by atoms with E-state index in [2.05, 4.69) is 16.6 Å². The monoisotopic (exact) mass is 405 g/mol. The SMILES string of the molecule is C#Cc1cccc(NC(=O)CNC(=O)C2CC(=O)N(c3ccc4c(c3)OCO4)C2)c1. The van der Waals surface area contributed by atoms with Crippen molar-refractivity contribution in [2.24, 2.45) is 5.92 Å². The van der Waals surface area contributed by atoms with Gasteiger partial charge in [0.2, 0.25) is 24.5 Å². The van der Waals surface area contributed by atoms with E-state index in [0.717, 1.165) is 0 Å². The number of carbonyl (C=O) groups is 3. The van der Waals surface area contributed by atoms with Gasteiger partial charge in [0.25, 0.3) is 0 Å². The van der Waals surface area contributed by atoms with E-state index < -0.39 is 5.92 Å². The fourth-order valence-electron chi connectivity index (χ4n) is 3.39. The highest BCUT2D eigenvalue weighted by atomic mass is 16.7. The molecule has 0 saturated carbocycles. The summed E-state index contributed by atoms with van der Waals surface area (Å²) in [6.07, 6.45) is 5.42. The van der Waals surface area contributed by atoms with Gasteiger partial charge in [-0.25, -0.2) is 0 Å². The Morgan fingerprint density at radius 2 is 2.00 bits per heavy atom. The summed E-state index contributed by atoms with van der Waals surface area (Å²) in [5.74, 6) is 2.25. The van der Waals surface area contributed by atoms with Gasteiger partial charge in [-0.2, -0.15) is 0 Å². The quantitative estimate of drug-likeness (QED) is 0.735. The van der Waals surface area contributed by atoms with Crippen molar-refractivity contribution in [3.8, 4) is 23.8 Å². The molecule has 2 aliphatic rings. The number of amides is 3. The maximum atomic E-state index is 12.5. The van der Waals surface area contributed by atoms with Crippen LogP contribution >= 0.6 is 0 Å². The third-order valence-electron chi connectivity index (χ3n) is 4.90. The first kappa shape index (κ1) is 19.3. The number of rotatable bonds is 5. The zero-order chi connectivity index (χ0) is 21.1. The first-order chi connectivity index (χ1) is 14.5. The average molecular weight is 405 g/mol. The number of hydrogen-bond donors (Lipinski definition) is 2. The summed E-state index contributed by atoms with van der Waals surface area (Å²) in [6.45, 7) is 0.177. The molecular weight excluding hydrogens is 386 g/mol. The molecule has 0 aromatic heterocycles. The van der Waals surface area contributed by atoms with Crippen LogP contribution in [0.25, 0.3) is 0 Å². The number of anilines is 2. The Bertz CT molecular complexity index is 1060.